The summed E-state index contributed by atoms with van der Waals surface area (Å²) in [7, 11) is 5.76. The lowest BCUT2D eigenvalue weighted by Gasteiger charge is -2.29. The smallest absolute Gasteiger partial charge is 0.306 e. The number of unbranched alkanes of at least 4 members (excludes halogenated alkanes) is 8. The van der Waals surface area contributed by atoms with Gasteiger partial charge in [-0.05, 0) is 12.8 Å². The number of hydrogen-bond donors (Lipinski definition) is 1. The first-order valence-corrected chi connectivity index (χ1v) is 10.0. The predicted octanol–water partition coefficient (Wildman–Crippen LogP) is 2.12. The average molecular weight is 388 g/mol. The van der Waals surface area contributed by atoms with Crippen LogP contribution in [0.5, 0.6) is 0 Å². The van der Waals surface area contributed by atoms with Gasteiger partial charge >= 0.3 is 11.9 Å². The van der Waals surface area contributed by atoms with Gasteiger partial charge < -0.3 is 24.2 Å². The van der Waals surface area contributed by atoms with Gasteiger partial charge in [0.25, 0.3) is 0 Å². The van der Waals surface area contributed by atoms with Gasteiger partial charge in [0.2, 0.25) is 0 Å². The minimum Gasteiger partial charge on any atom is -0.550 e. The highest BCUT2D eigenvalue weighted by atomic mass is 16.5. The molecule has 0 aliphatic heterocycles. The van der Waals surface area contributed by atoms with E-state index in [-0.39, 0.29) is 18.8 Å². The highest BCUT2D eigenvalue weighted by Crippen LogP contribution is 2.12. The number of nitrogens with zero attached hydrogens (tertiary/aromatic N) is 1. The van der Waals surface area contributed by atoms with Crippen molar-refractivity contribution in [3.05, 3.63) is 0 Å². The lowest BCUT2D eigenvalue weighted by molar-refractivity contribution is -0.873. The molecule has 7 nitrogen and oxygen atoms in total. The minimum atomic E-state index is -1.20. The lowest BCUT2D eigenvalue weighted by atomic mass is 10.1. The van der Waals surface area contributed by atoms with Crippen molar-refractivity contribution in [3.63, 3.8) is 0 Å². The molecule has 0 spiro atoms. The van der Waals surface area contributed by atoms with E-state index >= 15 is 0 Å². The summed E-state index contributed by atoms with van der Waals surface area (Å²) in [4.78, 5) is 33.1. The molecule has 0 aromatic rings. The Bertz CT molecular complexity index is 444. The zero-order valence-electron chi connectivity index (χ0n) is 17.2. The van der Waals surface area contributed by atoms with E-state index in [0.29, 0.717) is 17.4 Å². The van der Waals surface area contributed by atoms with Crippen molar-refractivity contribution in [1.82, 2.24) is 0 Å². The second-order valence-electron chi connectivity index (χ2n) is 8.24. The van der Waals surface area contributed by atoms with Crippen LogP contribution in [0.25, 0.3) is 0 Å². The van der Waals surface area contributed by atoms with Gasteiger partial charge in [-0.1, -0.05) is 44.9 Å². The highest BCUT2D eigenvalue weighted by molar-refractivity contribution is 5.70. The van der Waals surface area contributed by atoms with Crippen LogP contribution in [0.4, 0.5) is 0 Å². The fourth-order valence-corrected chi connectivity index (χ4v) is 2.97. The van der Waals surface area contributed by atoms with Crippen LogP contribution in [0.2, 0.25) is 0 Å². The van der Waals surface area contributed by atoms with Gasteiger partial charge in [-0.25, -0.2) is 0 Å². The second-order valence-corrected chi connectivity index (χ2v) is 8.24. The van der Waals surface area contributed by atoms with Crippen LogP contribution in [0, 0.1) is 0 Å². The molecule has 0 aromatic carbocycles. The molecule has 0 fully saturated rings. The Morgan fingerprint density at radius 2 is 1.30 bits per heavy atom. The fourth-order valence-electron chi connectivity index (χ4n) is 2.97. The molecule has 1 atom stereocenters. The molecule has 7 heteroatoms. The normalized spacial score (nSPS) is 12.6. The number of quaternary nitrogens is 1. The lowest BCUT2D eigenvalue weighted by Crippen LogP contribution is -2.45. The van der Waals surface area contributed by atoms with E-state index in [1.54, 1.807) is 0 Å². The van der Waals surface area contributed by atoms with Gasteiger partial charge in [-0.2, -0.15) is 0 Å². The molecule has 0 rings (SSSR count). The summed E-state index contributed by atoms with van der Waals surface area (Å²) in [6, 6.07) is 0. The monoisotopic (exact) mass is 387 g/mol. The van der Waals surface area contributed by atoms with Crippen LogP contribution in [0.3, 0.4) is 0 Å². The number of carbonyl (C=O) groups is 3. The van der Waals surface area contributed by atoms with Crippen LogP contribution >= 0.6 is 0 Å². The Morgan fingerprint density at radius 1 is 0.852 bits per heavy atom. The minimum absolute atomic E-state index is 0.259. The van der Waals surface area contributed by atoms with E-state index in [4.69, 9.17) is 9.84 Å². The Balaban J connectivity index is 3.71. The van der Waals surface area contributed by atoms with Crippen molar-refractivity contribution in [1.29, 1.82) is 0 Å². The van der Waals surface area contributed by atoms with Gasteiger partial charge in [-0.15, -0.1) is 0 Å². The molecule has 158 valence electrons. The summed E-state index contributed by atoms with van der Waals surface area (Å²) in [5.74, 6) is -2.27. The third-order valence-electron chi connectivity index (χ3n) is 4.22. The molecule has 1 unspecified atom stereocenters. The number of esters is 1. The number of carboxylic acids is 2. The predicted molar refractivity (Wildman–Crippen MR) is 101 cm³/mol. The summed E-state index contributed by atoms with van der Waals surface area (Å²) in [5.41, 5.74) is 0. The largest absolute Gasteiger partial charge is 0.550 e. The molecular formula is C20H37NO6. The number of ether oxygens (including phenoxy) is 1. The van der Waals surface area contributed by atoms with Gasteiger partial charge in [0, 0.05) is 25.2 Å². The molecule has 0 aliphatic rings. The zero-order chi connectivity index (χ0) is 20.7. The van der Waals surface area contributed by atoms with E-state index in [9.17, 15) is 19.5 Å². The number of rotatable bonds is 17. The summed E-state index contributed by atoms with van der Waals surface area (Å²) in [5, 5.41) is 19.4. The van der Waals surface area contributed by atoms with Gasteiger partial charge in [0.05, 0.1) is 21.1 Å². The van der Waals surface area contributed by atoms with E-state index in [2.05, 4.69) is 0 Å². The maximum atomic E-state index is 11.9. The molecule has 0 radical (unpaired) electrons. The highest BCUT2D eigenvalue weighted by Gasteiger charge is 2.22. The second kappa shape index (κ2) is 14.4. The van der Waals surface area contributed by atoms with Crippen molar-refractivity contribution < 1.29 is 33.8 Å². The number of carbonyl (C=O) groups excluding carboxylic acids is 2. The van der Waals surface area contributed by atoms with Crippen LogP contribution in [0.1, 0.15) is 77.0 Å². The number of aliphatic carboxylic acids is 2. The number of hydrogen-bond acceptors (Lipinski definition) is 5. The van der Waals surface area contributed by atoms with E-state index in [1.807, 2.05) is 21.1 Å². The third kappa shape index (κ3) is 18.9. The van der Waals surface area contributed by atoms with Crippen LogP contribution in [0.15, 0.2) is 0 Å². The quantitative estimate of drug-likeness (QED) is 0.233. The number of carboxylic acid groups (broad SMARTS) is 2. The van der Waals surface area contributed by atoms with E-state index in [1.165, 1.54) is 0 Å². The van der Waals surface area contributed by atoms with Gasteiger partial charge in [0.15, 0.2) is 6.10 Å². The molecule has 0 aliphatic carbocycles. The van der Waals surface area contributed by atoms with Crippen molar-refractivity contribution in [2.75, 3.05) is 27.7 Å². The average Bonchev–Trinajstić information content (AvgIpc) is 2.49. The van der Waals surface area contributed by atoms with Gasteiger partial charge in [0.1, 0.15) is 6.54 Å². The Labute approximate surface area is 163 Å². The molecule has 0 saturated carbocycles. The third-order valence-corrected chi connectivity index (χ3v) is 4.22. The van der Waals surface area contributed by atoms with Crippen LogP contribution in [-0.2, 0) is 19.1 Å². The van der Waals surface area contributed by atoms with Crippen LogP contribution in [-0.4, -0.2) is 61.3 Å². The molecule has 0 heterocycles. The molecule has 0 aromatic heterocycles. The first-order chi connectivity index (χ1) is 12.6. The summed E-state index contributed by atoms with van der Waals surface area (Å²) in [6.45, 7) is 0.437. The Morgan fingerprint density at radius 3 is 1.70 bits per heavy atom. The van der Waals surface area contributed by atoms with E-state index in [0.717, 1.165) is 57.8 Å². The molecular weight excluding hydrogens is 350 g/mol. The number of likely N-dealkylation sites (N-methyl/N-ethyl adjacent to an activating group) is 1. The van der Waals surface area contributed by atoms with Crippen LogP contribution < -0.4 is 5.11 Å². The molecule has 0 bridgehead atoms. The molecule has 0 saturated heterocycles. The molecule has 27 heavy (non-hydrogen) atoms. The summed E-state index contributed by atoms with van der Waals surface area (Å²) >= 11 is 0. The summed E-state index contributed by atoms with van der Waals surface area (Å²) < 4.78 is 5.84. The molecule has 1 N–H and O–H groups in total. The van der Waals surface area contributed by atoms with Crippen molar-refractivity contribution in [2.45, 2.75) is 83.2 Å². The van der Waals surface area contributed by atoms with Crippen molar-refractivity contribution in [2.24, 2.45) is 0 Å². The standard InChI is InChI=1S/C20H37NO6/c1-21(2,3)16-17(15-19(24)25)27-20(26)14-12-10-8-6-4-5-7-9-11-13-18(22)23/h17H,4-16H2,1-3H3,(H-,22,23,24,25). The Hall–Kier alpha value is -1.63. The van der Waals surface area contributed by atoms with Crippen molar-refractivity contribution >= 4 is 17.9 Å². The maximum Gasteiger partial charge on any atom is 0.306 e. The SMILES string of the molecule is C[N+](C)(C)CC(CC(=O)[O-])OC(=O)CCCCCCCCCCCC(=O)O. The Kier molecular flexibility index (Phi) is 13.6. The first kappa shape index (κ1) is 25.4. The maximum absolute atomic E-state index is 11.9. The van der Waals surface area contributed by atoms with Crippen molar-refractivity contribution in [3.8, 4) is 0 Å². The summed E-state index contributed by atoms with van der Waals surface area (Å²) in [6.07, 6.45) is 8.59. The zero-order valence-corrected chi connectivity index (χ0v) is 17.2. The van der Waals surface area contributed by atoms with Gasteiger partial charge in [-0.3, -0.25) is 9.59 Å². The molecule has 0 amide bonds. The topological polar surface area (TPSA) is 104 Å². The first-order valence-electron chi connectivity index (χ1n) is 10.0. The fraction of sp³-hybridized carbons (Fsp3) is 0.850. The van der Waals surface area contributed by atoms with E-state index < -0.39 is 18.0 Å².